The molecule has 18 heavy (non-hydrogen) atoms. The van der Waals surface area contributed by atoms with E-state index in [-0.39, 0.29) is 0 Å². The van der Waals surface area contributed by atoms with Crippen LogP contribution in [0.15, 0.2) is 42.5 Å². The normalized spacial score (nSPS) is 17.0. The van der Waals surface area contributed by atoms with E-state index in [1.165, 1.54) is 0 Å². The number of quaternary nitrogens is 1. The maximum atomic E-state index is 11.2. The van der Waals surface area contributed by atoms with E-state index in [0.717, 1.165) is 5.56 Å². The maximum Gasteiger partial charge on any atom is 0.151 e. The summed E-state index contributed by atoms with van der Waals surface area (Å²) in [4.78, 5) is 0. The Bertz CT molecular complexity index is 363. The number of benzene rings is 1. The van der Waals surface area contributed by atoms with E-state index in [9.17, 15) is 15.5 Å². The number of aliphatic hydroxyl groups excluding tert-OH is 1. The fraction of sp³-hybridized carbons (Fsp3) is 0.429. The van der Waals surface area contributed by atoms with Gasteiger partial charge in [0.05, 0.1) is 0 Å². The molecule has 1 unspecified atom stereocenters. The summed E-state index contributed by atoms with van der Waals surface area (Å²) in [5.41, 5.74) is 0.918. The van der Waals surface area contributed by atoms with Crippen LogP contribution in [0.3, 0.4) is 0 Å². The van der Waals surface area contributed by atoms with Gasteiger partial charge in [0, 0.05) is 6.42 Å². The molecule has 0 saturated carbocycles. The molecule has 3 N–H and O–H groups in total. The summed E-state index contributed by atoms with van der Waals surface area (Å²) in [7, 11) is 0. The van der Waals surface area contributed by atoms with Crippen molar-refractivity contribution in [2.45, 2.75) is 32.4 Å². The molecule has 4 heteroatoms. The van der Waals surface area contributed by atoms with Crippen molar-refractivity contribution in [3.63, 3.8) is 0 Å². The first-order valence-corrected chi connectivity index (χ1v) is 6.14. The highest BCUT2D eigenvalue weighted by Gasteiger charge is 2.23. The minimum absolute atomic E-state index is 0.297. The Hall–Kier alpha value is -1.20. The van der Waals surface area contributed by atoms with Crippen molar-refractivity contribution in [2.24, 2.45) is 5.92 Å². The highest BCUT2D eigenvalue weighted by molar-refractivity contribution is 5.16. The average molecular weight is 251 g/mol. The molecule has 0 aliphatic rings. The Morgan fingerprint density at radius 2 is 1.83 bits per heavy atom. The molecule has 0 aromatic heterocycles. The van der Waals surface area contributed by atoms with Crippen LogP contribution in [-0.2, 0) is 6.42 Å². The van der Waals surface area contributed by atoms with Gasteiger partial charge in [-0.15, -0.1) is 0 Å². The molecule has 0 aliphatic carbocycles. The molecular formula is C14H21NO3. The third kappa shape index (κ3) is 4.98. The summed E-state index contributed by atoms with van der Waals surface area (Å²) in [5, 5.41) is 29.3. The first kappa shape index (κ1) is 14.9. The van der Waals surface area contributed by atoms with Crippen LogP contribution in [0.25, 0.3) is 0 Å². The van der Waals surface area contributed by atoms with E-state index < -0.39 is 17.4 Å². The molecular weight excluding hydrogens is 230 g/mol. The molecule has 0 spiro atoms. The van der Waals surface area contributed by atoms with Crippen molar-refractivity contribution in [1.82, 2.24) is 0 Å². The van der Waals surface area contributed by atoms with Gasteiger partial charge in [0.25, 0.3) is 0 Å². The zero-order valence-corrected chi connectivity index (χ0v) is 10.8. The maximum absolute atomic E-state index is 11.2. The number of nitrogens with one attached hydrogen (secondary N) is 1. The Labute approximate surface area is 108 Å². The Balaban J connectivity index is 2.71. The number of hydroxylamine groups is 2. The Kier molecular flexibility index (Phi) is 6.01. The lowest BCUT2D eigenvalue weighted by atomic mass is 10.0. The number of allylic oxidation sites excluding steroid dienone is 1. The standard InChI is InChI=1S/C14H21NO3/c1-11(2)8-9-14(16)13(15(17)18)10-12-6-4-3-5-7-12/h3-9,11,13-17H,10H2,1-2H3/t13-,14-/m0/s1. The molecule has 0 aliphatic heterocycles. The zero-order valence-electron chi connectivity index (χ0n) is 10.8. The SMILES string of the molecule is CC(C)C=C[C@H](O)[C@H](Cc1ccccc1)[NH+]([O-])O. The van der Waals surface area contributed by atoms with Crippen molar-refractivity contribution in [2.75, 3.05) is 0 Å². The second kappa shape index (κ2) is 7.28. The van der Waals surface area contributed by atoms with E-state index in [0.29, 0.717) is 12.3 Å². The van der Waals surface area contributed by atoms with Gasteiger partial charge in [0.1, 0.15) is 6.10 Å². The Morgan fingerprint density at radius 3 is 2.33 bits per heavy atom. The molecule has 0 bridgehead atoms. The number of aliphatic hydroxyl groups is 1. The second-order valence-corrected chi connectivity index (χ2v) is 4.75. The molecule has 1 rings (SSSR count). The molecule has 0 amide bonds. The average Bonchev–Trinajstić information content (AvgIpc) is 2.34. The first-order valence-electron chi connectivity index (χ1n) is 6.14. The molecule has 3 atom stereocenters. The molecule has 0 heterocycles. The van der Waals surface area contributed by atoms with Gasteiger partial charge in [-0.1, -0.05) is 56.3 Å². The lowest BCUT2D eigenvalue weighted by Gasteiger charge is -2.27. The third-order valence-corrected chi connectivity index (χ3v) is 2.72. The van der Waals surface area contributed by atoms with Gasteiger partial charge in [-0.3, -0.25) is 0 Å². The molecule has 0 radical (unpaired) electrons. The summed E-state index contributed by atoms with van der Waals surface area (Å²) in [6, 6.07) is 8.55. The van der Waals surface area contributed by atoms with Crippen LogP contribution in [0.4, 0.5) is 0 Å². The molecule has 100 valence electrons. The predicted molar refractivity (Wildman–Crippen MR) is 70.0 cm³/mol. The van der Waals surface area contributed by atoms with Crippen LogP contribution in [0, 0.1) is 11.1 Å². The highest BCUT2D eigenvalue weighted by Crippen LogP contribution is 2.06. The number of hydrogen-bond donors (Lipinski definition) is 3. The van der Waals surface area contributed by atoms with Crippen molar-refractivity contribution in [3.8, 4) is 0 Å². The molecule has 0 fully saturated rings. The largest absolute Gasteiger partial charge is 0.600 e. The van der Waals surface area contributed by atoms with Crippen molar-refractivity contribution in [1.29, 1.82) is 0 Å². The van der Waals surface area contributed by atoms with Crippen molar-refractivity contribution < 1.29 is 15.5 Å². The fourth-order valence-electron chi connectivity index (χ4n) is 1.69. The van der Waals surface area contributed by atoms with Crippen molar-refractivity contribution >= 4 is 0 Å². The van der Waals surface area contributed by atoms with E-state index in [4.69, 9.17) is 0 Å². The second-order valence-electron chi connectivity index (χ2n) is 4.75. The van der Waals surface area contributed by atoms with Crippen LogP contribution in [-0.4, -0.2) is 22.5 Å². The molecule has 1 aromatic rings. The Morgan fingerprint density at radius 1 is 1.22 bits per heavy atom. The molecule has 1 aromatic carbocycles. The topological polar surface area (TPSA) is 68.0 Å². The van der Waals surface area contributed by atoms with Gasteiger partial charge in [-0.05, 0) is 11.5 Å². The minimum atomic E-state index is -0.972. The summed E-state index contributed by atoms with van der Waals surface area (Å²) in [5.74, 6) is 0.297. The molecule has 0 saturated heterocycles. The van der Waals surface area contributed by atoms with Crippen LogP contribution in [0.1, 0.15) is 19.4 Å². The van der Waals surface area contributed by atoms with Gasteiger partial charge in [0.15, 0.2) is 6.04 Å². The van der Waals surface area contributed by atoms with E-state index in [1.807, 2.05) is 50.3 Å². The lowest BCUT2D eigenvalue weighted by Crippen LogP contribution is -3.10. The third-order valence-electron chi connectivity index (χ3n) is 2.72. The summed E-state index contributed by atoms with van der Waals surface area (Å²) in [6.45, 7) is 3.96. The van der Waals surface area contributed by atoms with Crippen LogP contribution < -0.4 is 5.23 Å². The lowest BCUT2D eigenvalue weighted by molar-refractivity contribution is -1.07. The zero-order chi connectivity index (χ0) is 13.5. The minimum Gasteiger partial charge on any atom is -0.600 e. The van der Waals surface area contributed by atoms with Crippen LogP contribution in [0.2, 0.25) is 0 Å². The van der Waals surface area contributed by atoms with Gasteiger partial charge < -0.3 is 10.3 Å². The quantitative estimate of drug-likeness (QED) is 0.521. The van der Waals surface area contributed by atoms with Crippen LogP contribution in [0.5, 0.6) is 0 Å². The van der Waals surface area contributed by atoms with Crippen molar-refractivity contribution in [3.05, 3.63) is 53.3 Å². The summed E-state index contributed by atoms with van der Waals surface area (Å²) >= 11 is 0. The number of hydrogen-bond acceptors (Lipinski definition) is 3. The monoisotopic (exact) mass is 251 g/mol. The van der Waals surface area contributed by atoms with Gasteiger partial charge in [-0.25, -0.2) is 10.4 Å². The van der Waals surface area contributed by atoms with Gasteiger partial charge in [0.2, 0.25) is 0 Å². The van der Waals surface area contributed by atoms with Gasteiger partial charge >= 0.3 is 0 Å². The predicted octanol–water partition coefficient (Wildman–Crippen LogP) is 0.943. The number of rotatable bonds is 6. The molecule has 4 nitrogen and oxygen atoms in total. The van der Waals surface area contributed by atoms with E-state index in [2.05, 4.69) is 0 Å². The van der Waals surface area contributed by atoms with Gasteiger partial charge in [-0.2, -0.15) is 0 Å². The summed E-state index contributed by atoms with van der Waals surface area (Å²) in [6.07, 6.45) is 2.78. The smallest absolute Gasteiger partial charge is 0.151 e. The highest BCUT2D eigenvalue weighted by atomic mass is 16.8. The first-order chi connectivity index (χ1) is 8.50. The fourth-order valence-corrected chi connectivity index (χ4v) is 1.69. The van der Waals surface area contributed by atoms with E-state index >= 15 is 0 Å². The van der Waals surface area contributed by atoms with E-state index in [1.54, 1.807) is 6.08 Å². The summed E-state index contributed by atoms with van der Waals surface area (Å²) < 4.78 is 0. The van der Waals surface area contributed by atoms with Crippen LogP contribution >= 0.6 is 0 Å².